The van der Waals surface area contributed by atoms with Gasteiger partial charge < -0.3 is 30.3 Å². The summed E-state index contributed by atoms with van der Waals surface area (Å²) in [5.41, 5.74) is 7.83. The van der Waals surface area contributed by atoms with Crippen molar-refractivity contribution in [2.24, 2.45) is 10.7 Å². The summed E-state index contributed by atoms with van der Waals surface area (Å²) < 4.78 is 10.2. The summed E-state index contributed by atoms with van der Waals surface area (Å²) in [6.07, 6.45) is 0.408. The second kappa shape index (κ2) is 18.1. The van der Waals surface area contributed by atoms with Gasteiger partial charge in [0.2, 0.25) is 11.8 Å². The lowest BCUT2D eigenvalue weighted by atomic mass is 9.84. The Kier molecular flexibility index (Phi) is 13.7. The molecule has 48 heavy (non-hydrogen) atoms. The molecule has 1 aliphatic heterocycles. The Labute approximate surface area is 285 Å². The van der Waals surface area contributed by atoms with Crippen molar-refractivity contribution < 1.29 is 28.7 Å². The highest BCUT2D eigenvalue weighted by atomic mass is 32.1. The zero-order valence-electron chi connectivity index (χ0n) is 27.6. The topological polar surface area (TPSA) is 156 Å². The normalized spacial score (nSPS) is 15.4. The molecule has 2 aromatic carbocycles. The summed E-state index contributed by atoms with van der Waals surface area (Å²) in [6, 6.07) is 21.3. The highest BCUT2D eigenvalue weighted by Crippen LogP contribution is 2.31. The van der Waals surface area contributed by atoms with E-state index in [1.54, 1.807) is 24.0 Å². The molecule has 0 unspecified atom stereocenters. The number of nitrogens with zero attached hydrogens (tertiary/aromatic N) is 3. The van der Waals surface area contributed by atoms with Crippen molar-refractivity contribution in [3.05, 3.63) is 93.7 Å². The molecule has 13 heteroatoms. The van der Waals surface area contributed by atoms with Crippen LogP contribution < -0.4 is 16.4 Å². The Morgan fingerprint density at radius 3 is 2.29 bits per heavy atom. The average Bonchev–Trinajstić information content (AvgIpc) is 3.77. The van der Waals surface area contributed by atoms with E-state index >= 15 is 0 Å². The molecule has 1 fully saturated rings. The molecule has 3 amide bonds. The number of nitrogens with one attached hydrogen (secondary N) is 2. The lowest BCUT2D eigenvalue weighted by molar-refractivity contribution is -0.143. The van der Waals surface area contributed by atoms with Crippen LogP contribution in [0, 0.1) is 0 Å². The average molecular weight is 677 g/mol. The first-order chi connectivity index (χ1) is 23.2. The molecule has 2 heterocycles. The highest BCUT2D eigenvalue weighted by Gasteiger charge is 2.40. The minimum atomic E-state index is -0.843. The molecular formula is C35H44N6O6S. The maximum atomic E-state index is 14.4. The van der Waals surface area contributed by atoms with Crippen LogP contribution in [-0.2, 0) is 30.4 Å². The van der Waals surface area contributed by atoms with E-state index in [-0.39, 0.29) is 44.0 Å². The third-order valence-electron chi connectivity index (χ3n) is 7.85. The third kappa shape index (κ3) is 10.2. The van der Waals surface area contributed by atoms with E-state index in [1.807, 2.05) is 79.7 Å². The summed E-state index contributed by atoms with van der Waals surface area (Å²) in [5, 5.41) is 6.15. The molecule has 12 nitrogen and oxygen atoms in total. The molecule has 4 rings (SSSR count). The Hall–Kier alpha value is -4.59. The van der Waals surface area contributed by atoms with Crippen molar-refractivity contribution in [1.29, 1.82) is 0 Å². The molecule has 0 bridgehead atoms. The fraction of sp³-hybridized carbons (Fsp3) is 0.400. The number of rotatable bonds is 15. The second-order valence-electron chi connectivity index (χ2n) is 11.6. The summed E-state index contributed by atoms with van der Waals surface area (Å²) in [6.45, 7) is 3.19. The number of hydrogen-bond donors (Lipinski definition) is 3. The lowest BCUT2D eigenvalue weighted by Crippen LogP contribution is -2.55. The van der Waals surface area contributed by atoms with Crippen LogP contribution in [0.3, 0.4) is 0 Å². The molecule has 0 saturated carbocycles. The Morgan fingerprint density at radius 1 is 1.00 bits per heavy atom. The molecule has 256 valence electrons. The van der Waals surface area contributed by atoms with E-state index in [1.165, 1.54) is 11.3 Å². The van der Waals surface area contributed by atoms with E-state index < -0.39 is 30.1 Å². The molecule has 0 radical (unpaired) electrons. The number of ether oxygens (including phenoxy) is 2. The van der Waals surface area contributed by atoms with Crippen LogP contribution in [0.15, 0.2) is 77.8 Å². The van der Waals surface area contributed by atoms with Crippen molar-refractivity contribution in [3.8, 4) is 0 Å². The van der Waals surface area contributed by atoms with Crippen LogP contribution in [0.2, 0.25) is 0 Å². The summed E-state index contributed by atoms with van der Waals surface area (Å²) >= 11 is 1.30. The highest BCUT2D eigenvalue weighted by molar-refractivity contribution is 7.14. The van der Waals surface area contributed by atoms with Crippen LogP contribution in [0.4, 0.5) is 4.79 Å². The molecule has 1 aliphatic rings. The predicted molar refractivity (Wildman–Crippen MR) is 185 cm³/mol. The van der Waals surface area contributed by atoms with Crippen LogP contribution in [0.1, 0.15) is 46.6 Å². The van der Waals surface area contributed by atoms with Gasteiger partial charge in [-0.2, -0.15) is 4.99 Å². The van der Waals surface area contributed by atoms with E-state index in [0.29, 0.717) is 30.8 Å². The first-order valence-electron chi connectivity index (χ1n) is 16.0. The second-order valence-corrected chi connectivity index (χ2v) is 12.7. The van der Waals surface area contributed by atoms with E-state index in [0.717, 1.165) is 16.0 Å². The smallest absolute Gasteiger partial charge is 0.435 e. The Bertz CT molecular complexity index is 1510. The number of aliphatic imine (C=N–C) groups is 1. The number of nitrogens with two attached hydrogens (primary N) is 1. The van der Waals surface area contributed by atoms with Crippen molar-refractivity contribution in [3.63, 3.8) is 0 Å². The van der Waals surface area contributed by atoms with E-state index in [2.05, 4.69) is 15.6 Å². The van der Waals surface area contributed by atoms with Crippen LogP contribution in [-0.4, -0.2) is 98.5 Å². The third-order valence-corrected chi connectivity index (χ3v) is 8.96. The van der Waals surface area contributed by atoms with Gasteiger partial charge in [-0.15, -0.1) is 11.3 Å². The van der Waals surface area contributed by atoms with E-state index in [9.17, 15) is 19.2 Å². The molecule has 0 spiro atoms. The number of carbonyl (C=O) groups is 4. The number of esters is 1. The molecule has 0 aliphatic carbocycles. The number of likely N-dealkylation sites (N-methyl/N-ethyl adjacent to an activating group) is 1. The Morgan fingerprint density at radius 2 is 1.67 bits per heavy atom. The predicted octanol–water partition coefficient (Wildman–Crippen LogP) is 3.11. The first kappa shape index (κ1) is 36.2. The number of benzene rings is 2. The van der Waals surface area contributed by atoms with Crippen LogP contribution >= 0.6 is 11.3 Å². The summed E-state index contributed by atoms with van der Waals surface area (Å²) in [5.74, 6) is -1.40. The summed E-state index contributed by atoms with van der Waals surface area (Å²) in [7, 11) is 3.74. The summed E-state index contributed by atoms with van der Waals surface area (Å²) in [4.78, 5) is 61.1. The number of carbonyl (C=O) groups excluding carboxylic acids is 4. The number of thiophene rings is 1. The largest absolute Gasteiger partial charge is 0.465 e. The molecular weight excluding hydrogens is 632 g/mol. The van der Waals surface area contributed by atoms with Gasteiger partial charge in [-0.3, -0.25) is 19.7 Å². The van der Waals surface area contributed by atoms with Gasteiger partial charge in [0.05, 0.1) is 30.6 Å². The van der Waals surface area contributed by atoms with Gasteiger partial charge in [0.15, 0.2) is 0 Å². The zero-order valence-corrected chi connectivity index (χ0v) is 28.4. The van der Waals surface area contributed by atoms with Crippen molar-refractivity contribution in [1.82, 2.24) is 20.4 Å². The van der Waals surface area contributed by atoms with E-state index in [4.69, 9.17) is 15.2 Å². The lowest BCUT2D eigenvalue weighted by Gasteiger charge is -2.33. The minimum absolute atomic E-state index is 0.0349. The van der Waals surface area contributed by atoms with Gasteiger partial charge in [0, 0.05) is 23.9 Å². The number of likely N-dealkylation sites (tertiary alicyclic amines) is 1. The molecule has 3 aromatic rings. The fourth-order valence-electron chi connectivity index (χ4n) is 5.54. The van der Waals surface area contributed by atoms with Gasteiger partial charge in [-0.1, -0.05) is 60.7 Å². The minimum Gasteiger partial charge on any atom is -0.465 e. The standard InChI is InChI=1S/C35H44N6O6S/c1-4-46-29(42)23-37-31(30(24-12-7-5-8-13-24)25-14-9-6-10-15-25)34(44)41-19-11-16-27(41)33(43)38-22-26-17-18-28(48-26)32(36)39-35(45)47-21-20-40(2)3/h5-10,12-15,17-18,27,30-31,37H,4,11,16,19-23H2,1-3H3,(H,38,43)(H2,36,39,45)/t27-,31+/m0/s1. The van der Waals surface area contributed by atoms with Gasteiger partial charge >= 0.3 is 12.1 Å². The molecule has 1 saturated heterocycles. The van der Waals surface area contributed by atoms with Gasteiger partial charge in [0.1, 0.15) is 18.5 Å². The monoisotopic (exact) mass is 676 g/mol. The van der Waals surface area contributed by atoms with Crippen molar-refractivity contribution in [2.75, 3.05) is 46.9 Å². The zero-order chi connectivity index (χ0) is 34.5. The Balaban J connectivity index is 1.47. The van der Waals surface area contributed by atoms with Crippen molar-refractivity contribution >= 4 is 41.0 Å². The molecule has 2 atom stereocenters. The first-order valence-corrected chi connectivity index (χ1v) is 16.8. The van der Waals surface area contributed by atoms with Gasteiger partial charge in [-0.25, -0.2) is 4.79 Å². The molecule has 1 aromatic heterocycles. The van der Waals surface area contributed by atoms with Crippen LogP contribution in [0.5, 0.6) is 0 Å². The number of amidine groups is 1. The maximum absolute atomic E-state index is 14.4. The maximum Gasteiger partial charge on any atom is 0.435 e. The van der Waals surface area contributed by atoms with Gasteiger partial charge in [-0.05, 0) is 57.1 Å². The van der Waals surface area contributed by atoms with Crippen LogP contribution in [0.25, 0.3) is 0 Å². The quantitative estimate of drug-likeness (QED) is 0.125. The SMILES string of the molecule is CCOC(=O)CN[C@@H](C(=O)N1CCC[C@H]1C(=O)NCc1ccc(/C(N)=N/C(=O)OCCN(C)C)s1)C(c1ccccc1)c1ccccc1. The molecule has 4 N–H and O–H groups in total. The number of hydrogen-bond acceptors (Lipinski definition) is 9. The van der Waals surface area contributed by atoms with Gasteiger partial charge in [0.25, 0.3) is 0 Å². The number of amides is 3. The fourth-order valence-corrected chi connectivity index (χ4v) is 6.39. The van der Waals surface area contributed by atoms with Crippen molar-refractivity contribution in [2.45, 2.75) is 44.3 Å².